The second-order valence-corrected chi connectivity index (χ2v) is 3.57. The van der Waals surface area contributed by atoms with Gasteiger partial charge in [-0.25, -0.2) is 0 Å². The maximum Gasteiger partial charge on any atom is 0.193 e. The Morgan fingerprint density at radius 1 is 1.50 bits per heavy atom. The molecule has 0 rings (SSSR count). The first kappa shape index (κ1) is 9.29. The van der Waals surface area contributed by atoms with Crippen LogP contribution >= 0.6 is 11.8 Å². The molecule has 0 aliphatic carbocycles. The largest absolute Gasteiger partial charge is 0.370 e. The van der Waals surface area contributed by atoms with Crippen LogP contribution in [0.15, 0.2) is 4.99 Å². The van der Waals surface area contributed by atoms with Crippen molar-refractivity contribution in [3.05, 3.63) is 0 Å². The summed E-state index contributed by atoms with van der Waals surface area (Å²) in [6.45, 7) is 3.95. The Morgan fingerprint density at radius 2 is 2.00 bits per heavy atom. The lowest BCUT2D eigenvalue weighted by atomic mass is 10.6. The number of nitrogens with two attached hydrogens (primary N) is 2. The van der Waals surface area contributed by atoms with E-state index >= 15 is 0 Å². The summed E-state index contributed by atoms with van der Waals surface area (Å²) >= 11 is 1.32. The number of hydrogen-bond donors (Lipinski definition) is 3. The van der Waals surface area contributed by atoms with Gasteiger partial charge in [0.1, 0.15) is 0 Å². The fourth-order valence-corrected chi connectivity index (χ4v) is 0.972. The van der Waals surface area contributed by atoms with Crippen molar-refractivity contribution in [2.24, 2.45) is 16.5 Å². The van der Waals surface area contributed by atoms with Gasteiger partial charge in [0.2, 0.25) is 0 Å². The predicted octanol–water partition coefficient (Wildman–Crippen LogP) is 0.336. The highest BCUT2D eigenvalue weighted by Gasteiger charge is 1.98. The van der Waals surface area contributed by atoms with Crippen molar-refractivity contribution in [3.8, 4) is 0 Å². The molecular formula is C5H12N4S. The van der Waals surface area contributed by atoms with Crippen molar-refractivity contribution in [1.82, 2.24) is 0 Å². The molecule has 0 heterocycles. The molecule has 5 N–H and O–H groups in total. The third kappa shape index (κ3) is 5.43. The van der Waals surface area contributed by atoms with E-state index in [4.69, 9.17) is 16.9 Å². The molecule has 0 aliphatic heterocycles. The fraction of sp³-hybridized carbons (Fsp3) is 0.600. The van der Waals surface area contributed by atoms with Crippen molar-refractivity contribution in [1.29, 1.82) is 5.41 Å². The highest BCUT2D eigenvalue weighted by Crippen LogP contribution is 2.10. The van der Waals surface area contributed by atoms with Crippen LogP contribution in [0.4, 0.5) is 0 Å². The maximum atomic E-state index is 7.16. The van der Waals surface area contributed by atoms with Gasteiger partial charge in [-0.15, -0.1) is 0 Å². The van der Waals surface area contributed by atoms with E-state index in [1.54, 1.807) is 0 Å². The number of hydrogen-bond acceptors (Lipinski definition) is 2. The normalized spacial score (nSPS) is 9.50. The summed E-state index contributed by atoms with van der Waals surface area (Å²) in [7, 11) is 0. The summed E-state index contributed by atoms with van der Waals surface area (Å²) in [6.07, 6.45) is 0. The molecule has 0 aliphatic rings. The predicted molar refractivity (Wildman–Crippen MR) is 46.3 cm³/mol. The Hall–Kier alpha value is -0.710. The zero-order chi connectivity index (χ0) is 8.15. The highest BCUT2D eigenvalue weighted by atomic mass is 32.2. The van der Waals surface area contributed by atoms with Gasteiger partial charge in [0.15, 0.2) is 11.1 Å². The summed E-state index contributed by atoms with van der Waals surface area (Å²) in [5.41, 5.74) is 10.1. The molecule has 5 heteroatoms. The quantitative estimate of drug-likeness (QED) is 0.381. The average molecular weight is 160 g/mol. The molecule has 0 fully saturated rings. The van der Waals surface area contributed by atoms with Crippen LogP contribution in [0.3, 0.4) is 0 Å². The lowest BCUT2D eigenvalue weighted by molar-refractivity contribution is 1.12. The number of nitrogens with one attached hydrogen (secondary N) is 1. The molecule has 0 radical (unpaired) electrons. The van der Waals surface area contributed by atoms with Crippen molar-refractivity contribution in [2.75, 3.05) is 0 Å². The smallest absolute Gasteiger partial charge is 0.193 e. The Morgan fingerprint density at radius 3 is 2.30 bits per heavy atom. The van der Waals surface area contributed by atoms with Gasteiger partial charge in [0, 0.05) is 5.25 Å². The lowest BCUT2D eigenvalue weighted by Gasteiger charge is -2.00. The molecule has 0 aromatic rings. The summed E-state index contributed by atoms with van der Waals surface area (Å²) in [6, 6.07) is 0. The van der Waals surface area contributed by atoms with E-state index in [0.29, 0.717) is 5.25 Å². The zero-order valence-corrected chi connectivity index (χ0v) is 6.90. The Kier molecular flexibility index (Phi) is 3.87. The van der Waals surface area contributed by atoms with Crippen LogP contribution in [0.5, 0.6) is 0 Å². The summed E-state index contributed by atoms with van der Waals surface area (Å²) in [5, 5.41) is 7.67. The zero-order valence-electron chi connectivity index (χ0n) is 6.09. The summed E-state index contributed by atoms with van der Waals surface area (Å²) < 4.78 is 0. The van der Waals surface area contributed by atoms with E-state index in [9.17, 15) is 0 Å². The topological polar surface area (TPSA) is 88.2 Å². The van der Waals surface area contributed by atoms with Crippen LogP contribution in [0.1, 0.15) is 13.8 Å². The monoisotopic (exact) mass is 160 g/mol. The first-order valence-electron chi connectivity index (χ1n) is 2.87. The minimum atomic E-state index is -0.0573. The first-order chi connectivity index (χ1) is 4.52. The van der Waals surface area contributed by atoms with Gasteiger partial charge < -0.3 is 11.5 Å². The maximum absolute atomic E-state index is 7.16. The van der Waals surface area contributed by atoms with E-state index in [1.165, 1.54) is 11.8 Å². The standard InChI is InChI=1S/C5H12N4S/c1-3(2)10-5(8)9-4(6)7/h3H,1-2H3,(H5,6,7,8,9). The number of aliphatic imine (C=N–C) groups is 1. The molecule has 0 aromatic heterocycles. The van der Waals surface area contributed by atoms with Crippen LogP contribution in [0.2, 0.25) is 0 Å². The molecule has 4 nitrogen and oxygen atoms in total. The Labute approximate surface area is 64.6 Å². The molecule has 58 valence electrons. The van der Waals surface area contributed by atoms with Gasteiger partial charge in [-0.3, -0.25) is 5.41 Å². The molecule has 0 bridgehead atoms. The molecule has 0 atom stereocenters. The van der Waals surface area contributed by atoms with Gasteiger partial charge in [0.25, 0.3) is 0 Å². The second kappa shape index (κ2) is 4.16. The third-order valence-corrected chi connectivity index (χ3v) is 1.36. The van der Waals surface area contributed by atoms with Gasteiger partial charge in [-0.2, -0.15) is 4.99 Å². The highest BCUT2D eigenvalue weighted by molar-refractivity contribution is 8.14. The van der Waals surface area contributed by atoms with Crippen LogP contribution in [0.25, 0.3) is 0 Å². The minimum Gasteiger partial charge on any atom is -0.370 e. The van der Waals surface area contributed by atoms with Crippen molar-refractivity contribution >= 4 is 22.9 Å². The second-order valence-electron chi connectivity index (χ2n) is 2.01. The van der Waals surface area contributed by atoms with Crippen molar-refractivity contribution in [2.45, 2.75) is 19.1 Å². The van der Waals surface area contributed by atoms with Gasteiger partial charge in [-0.05, 0) is 0 Å². The molecule has 0 amide bonds. The molecule has 0 unspecified atom stereocenters. The van der Waals surface area contributed by atoms with Crippen LogP contribution in [-0.4, -0.2) is 16.4 Å². The Bertz CT molecular complexity index is 148. The van der Waals surface area contributed by atoms with E-state index < -0.39 is 0 Å². The van der Waals surface area contributed by atoms with Crippen LogP contribution in [0, 0.1) is 5.41 Å². The molecule has 10 heavy (non-hydrogen) atoms. The van der Waals surface area contributed by atoms with Gasteiger partial charge >= 0.3 is 0 Å². The first-order valence-corrected chi connectivity index (χ1v) is 3.75. The van der Waals surface area contributed by atoms with Crippen LogP contribution in [-0.2, 0) is 0 Å². The molecule has 0 aromatic carbocycles. The van der Waals surface area contributed by atoms with Crippen molar-refractivity contribution in [3.63, 3.8) is 0 Å². The third-order valence-electron chi connectivity index (χ3n) is 0.578. The van der Waals surface area contributed by atoms with Crippen LogP contribution < -0.4 is 11.5 Å². The van der Waals surface area contributed by atoms with Gasteiger partial charge in [0.05, 0.1) is 0 Å². The lowest BCUT2D eigenvalue weighted by Crippen LogP contribution is -2.23. The average Bonchev–Trinajstić information content (AvgIpc) is 1.58. The molecular weight excluding hydrogens is 148 g/mol. The molecule has 0 saturated carbocycles. The number of guanidine groups is 1. The van der Waals surface area contributed by atoms with Crippen molar-refractivity contribution < 1.29 is 0 Å². The number of nitrogens with zero attached hydrogens (tertiary/aromatic N) is 1. The minimum absolute atomic E-state index is 0.0573. The van der Waals surface area contributed by atoms with Gasteiger partial charge in [-0.1, -0.05) is 25.6 Å². The fourth-order valence-electron chi connectivity index (χ4n) is 0.367. The molecule has 0 spiro atoms. The Balaban J connectivity index is 3.76. The summed E-state index contributed by atoms with van der Waals surface area (Å²) in [5.74, 6) is -0.0573. The molecule has 0 saturated heterocycles. The number of rotatable bonds is 1. The number of thioether (sulfide) groups is 1. The SMILES string of the molecule is CC(C)SC(=N)N=C(N)N. The summed E-state index contributed by atoms with van der Waals surface area (Å²) in [4.78, 5) is 3.54. The van der Waals surface area contributed by atoms with E-state index in [0.717, 1.165) is 0 Å². The number of amidine groups is 1. The van der Waals surface area contributed by atoms with E-state index in [-0.39, 0.29) is 11.1 Å². The van der Waals surface area contributed by atoms with E-state index in [2.05, 4.69) is 4.99 Å². The van der Waals surface area contributed by atoms with E-state index in [1.807, 2.05) is 13.8 Å².